The topological polar surface area (TPSA) is 148 Å². The fourth-order valence-electron chi connectivity index (χ4n) is 6.42. The molecule has 3 heterocycles. The van der Waals surface area contributed by atoms with Crippen LogP contribution in [0.3, 0.4) is 0 Å². The normalized spacial score (nSPS) is 30.5. The van der Waals surface area contributed by atoms with Gasteiger partial charge in [-0.3, -0.25) is 0 Å². The highest BCUT2D eigenvalue weighted by Crippen LogP contribution is 2.42. The molecule has 10 nitrogen and oxygen atoms in total. The summed E-state index contributed by atoms with van der Waals surface area (Å²) < 4.78 is 17.6. The van der Waals surface area contributed by atoms with Crippen molar-refractivity contribution in [1.29, 1.82) is 0 Å². The summed E-state index contributed by atoms with van der Waals surface area (Å²) in [7, 11) is 0. The van der Waals surface area contributed by atoms with Crippen molar-refractivity contribution >= 4 is 24.1 Å². The van der Waals surface area contributed by atoms with Crippen LogP contribution in [0.25, 0.3) is 12.2 Å². The number of imidazole rings is 1. The monoisotopic (exact) mass is 737 g/mol. The zero-order valence-electron chi connectivity index (χ0n) is 32.2. The van der Waals surface area contributed by atoms with Gasteiger partial charge in [0.25, 0.3) is 0 Å². The molecule has 0 radical (unpaired) electrons. The van der Waals surface area contributed by atoms with Gasteiger partial charge in [0, 0.05) is 29.7 Å². The molecule has 8 atom stereocenters. The van der Waals surface area contributed by atoms with E-state index in [0.717, 1.165) is 12.8 Å². The fraction of sp³-hybridized carbons (Fsp3) is 0.455. The molecule has 2 saturated carbocycles. The first kappa shape index (κ1) is 40.4. The van der Waals surface area contributed by atoms with Crippen LogP contribution in [0.2, 0.25) is 0 Å². The summed E-state index contributed by atoms with van der Waals surface area (Å²) in [4.78, 5) is 38.3. The number of fused-ring (bicyclic) bond motifs is 6. The largest absolute Gasteiger partial charge is 0.457 e. The number of carbonyl (C=O) groups is 2. The van der Waals surface area contributed by atoms with Gasteiger partial charge in [-0.1, -0.05) is 113 Å². The smallest absolute Gasteiger partial charge is 0.360 e. The van der Waals surface area contributed by atoms with Crippen LogP contribution in [0.1, 0.15) is 99.9 Å². The minimum atomic E-state index is -0.828. The molecule has 2 aliphatic carbocycles. The lowest BCUT2D eigenvalue weighted by atomic mass is 9.79. The Hall–Kier alpha value is -4.80. The summed E-state index contributed by atoms with van der Waals surface area (Å²) in [5, 5.41) is 21.8. The van der Waals surface area contributed by atoms with E-state index >= 15 is 0 Å². The van der Waals surface area contributed by atoms with Gasteiger partial charge in [0.05, 0.1) is 18.4 Å². The number of rotatable bonds is 6. The molecular weight excluding hydrogens is 682 g/mol. The number of hydrogen-bond donors (Lipinski definition) is 3. The predicted molar refractivity (Wildman–Crippen MR) is 210 cm³/mol. The van der Waals surface area contributed by atoms with Gasteiger partial charge < -0.3 is 29.1 Å². The van der Waals surface area contributed by atoms with Gasteiger partial charge in [-0.25, -0.2) is 19.6 Å². The quantitative estimate of drug-likeness (QED) is 0.196. The molecule has 10 heteroatoms. The summed E-state index contributed by atoms with van der Waals surface area (Å²) in [5.74, 6) is 1.08. The zero-order valence-corrected chi connectivity index (χ0v) is 32.2. The van der Waals surface area contributed by atoms with Crippen molar-refractivity contribution in [3.05, 3.63) is 121 Å². The zero-order chi connectivity index (χ0) is 38.9. The molecule has 4 bridgehead atoms. The molecule has 0 amide bonds. The van der Waals surface area contributed by atoms with Crippen LogP contribution in [0, 0.1) is 34.5 Å². The molecule has 1 aliphatic heterocycles. The van der Waals surface area contributed by atoms with Crippen molar-refractivity contribution < 1.29 is 33.7 Å². The number of aromatic nitrogens is 3. The Morgan fingerprint density at radius 3 is 1.83 bits per heavy atom. The van der Waals surface area contributed by atoms with E-state index in [1.807, 2.05) is 78.0 Å². The second-order valence-electron chi connectivity index (χ2n) is 15.6. The van der Waals surface area contributed by atoms with E-state index in [4.69, 9.17) is 13.9 Å². The van der Waals surface area contributed by atoms with E-state index in [0.29, 0.717) is 42.3 Å². The van der Waals surface area contributed by atoms with Crippen LogP contribution in [-0.4, -0.2) is 61.5 Å². The number of allylic oxidation sites excluding steroid dienone is 10. The van der Waals surface area contributed by atoms with Gasteiger partial charge in [0.2, 0.25) is 5.89 Å². The Labute approximate surface area is 318 Å². The van der Waals surface area contributed by atoms with Gasteiger partial charge in [-0.15, -0.1) is 0 Å². The Kier molecular flexibility index (Phi) is 13.5. The predicted octanol–water partition coefficient (Wildman–Crippen LogP) is 8.39. The number of cyclic esters (lactones) is 2. The van der Waals surface area contributed by atoms with Crippen LogP contribution < -0.4 is 0 Å². The maximum atomic E-state index is 13.3. The standard InChI is InChI=1S/C44H55N3O7/c1-7-15-35(48)43(3,4)37-21-13-19-32-26-30(32)18-10-12-24-40-47-34(28-52-40)42(51)54-38(44(5,6)36(49)16-8-2)22-14-20-31-25-29(31)17-9-11-23-39-45-27-33(46-39)41(50)53-37/h7-20,23-24,27-32,35-38,48-49H,21-22,25-26H2,1-6H3,(H,45,46)/b15-7+,16-8+,17-9+,18-10+,19-13-,20-14-,23-11-,24-12-/t29-,30+,31+,32-,35-,36-,37-,38-/m0/s1. The lowest BCUT2D eigenvalue weighted by Gasteiger charge is -2.36. The van der Waals surface area contributed by atoms with Gasteiger partial charge >= 0.3 is 11.9 Å². The third kappa shape index (κ3) is 10.7. The van der Waals surface area contributed by atoms with Crippen LogP contribution >= 0.6 is 0 Å². The molecule has 5 rings (SSSR count). The molecule has 2 aromatic rings. The second kappa shape index (κ2) is 18.0. The summed E-state index contributed by atoms with van der Waals surface area (Å²) in [6.07, 6.45) is 33.4. The van der Waals surface area contributed by atoms with Gasteiger partial charge in [-0.05, 0) is 56.4 Å². The van der Waals surface area contributed by atoms with E-state index in [1.165, 1.54) is 12.5 Å². The van der Waals surface area contributed by atoms with Crippen molar-refractivity contribution in [2.24, 2.45) is 34.5 Å². The van der Waals surface area contributed by atoms with E-state index < -0.39 is 47.2 Å². The summed E-state index contributed by atoms with van der Waals surface area (Å²) in [6, 6.07) is 0. The average molecular weight is 738 g/mol. The number of ether oxygens (including phenoxy) is 2. The minimum absolute atomic E-state index is 0.0626. The average Bonchev–Trinajstić information content (AvgIpc) is 3.93. The molecule has 2 aromatic heterocycles. The molecular formula is C44H55N3O7. The van der Waals surface area contributed by atoms with Crippen LogP contribution in [0.5, 0.6) is 0 Å². The molecule has 3 N–H and O–H groups in total. The van der Waals surface area contributed by atoms with Crippen molar-refractivity contribution in [3.63, 3.8) is 0 Å². The van der Waals surface area contributed by atoms with E-state index in [1.54, 1.807) is 36.5 Å². The first-order chi connectivity index (χ1) is 25.8. The first-order valence-corrected chi connectivity index (χ1v) is 18.9. The van der Waals surface area contributed by atoms with E-state index in [-0.39, 0.29) is 17.3 Å². The van der Waals surface area contributed by atoms with E-state index in [9.17, 15) is 19.8 Å². The van der Waals surface area contributed by atoms with Crippen molar-refractivity contribution in [1.82, 2.24) is 15.0 Å². The highest BCUT2D eigenvalue weighted by Gasteiger charge is 2.40. The van der Waals surface area contributed by atoms with Crippen LogP contribution in [0.15, 0.2) is 102 Å². The highest BCUT2D eigenvalue weighted by molar-refractivity contribution is 5.88. The lowest BCUT2D eigenvalue weighted by Crippen LogP contribution is -2.42. The molecule has 2 fully saturated rings. The molecule has 3 aliphatic rings. The number of aromatic amines is 1. The fourth-order valence-corrected chi connectivity index (χ4v) is 6.42. The maximum absolute atomic E-state index is 13.3. The number of aliphatic hydroxyl groups excluding tert-OH is 2. The van der Waals surface area contributed by atoms with Gasteiger partial charge in [0.1, 0.15) is 30.0 Å². The first-order valence-electron chi connectivity index (χ1n) is 18.9. The molecule has 0 saturated heterocycles. The SMILES string of the molecule is C/C=C/[C@H](O)C(C)(C)[C@@H]1C/C=C\[C@@H]2C[C@@H]2/C=C/C=C\c2ncc([nH]2)C(=O)O[C@H](C(C)(C)[C@@H](O)/C=C/C)C/C=C\[C@H]2C[C@H]2/C=C/C=C\c2nc(co2)C(=O)O1. The Morgan fingerprint density at radius 2 is 1.28 bits per heavy atom. The Bertz CT molecular complexity index is 1700. The number of nitrogens with one attached hydrogen (secondary N) is 1. The summed E-state index contributed by atoms with van der Waals surface area (Å²) in [6.45, 7) is 11.2. The molecule has 0 spiro atoms. The van der Waals surface area contributed by atoms with Crippen molar-refractivity contribution in [3.8, 4) is 0 Å². The summed E-state index contributed by atoms with van der Waals surface area (Å²) in [5.41, 5.74) is -1.23. The third-order valence-electron chi connectivity index (χ3n) is 10.7. The Balaban J connectivity index is 1.35. The highest BCUT2D eigenvalue weighted by atomic mass is 16.6. The van der Waals surface area contributed by atoms with Gasteiger partial charge in [0.15, 0.2) is 5.69 Å². The number of oxazole rings is 1. The number of hydrogen-bond acceptors (Lipinski definition) is 9. The number of carbonyl (C=O) groups excluding carboxylic acids is 2. The minimum Gasteiger partial charge on any atom is -0.457 e. The van der Waals surface area contributed by atoms with Crippen molar-refractivity contribution in [2.75, 3.05) is 0 Å². The lowest BCUT2D eigenvalue weighted by molar-refractivity contribution is -0.0461. The van der Waals surface area contributed by atoms with E-state index in [2.05, 4.69) is 39.3 Å². The number of H-pyrrole nitrogens is 1. The maximum Gasteiger partial charge on any atom is 0.360 e. The van der Waals surface area contributed by atoms with Crippen molar-refractivity contribution in [2.45, 2.75) is 91.6 Å². The third-order valence-corrected chi connectivity index (χ3v) is 10.7. The second-order valence-corrected chi connectivity index (χ2v) is 15.6. The van der Waals surface area contributed by atoms with Crippen LogP contribution in [0.4, 0.5) is 0 Å². The molecule has 0 aromatic carbocycles. The molecule has 54 heavy (non-hydrogen) atoms. The number of nitrogens with zero attached hydrogens (tertiary/aromatic N) is 2. The molecule has 0 unspecified atom stereocenters. The molecule has 288 valence electrons. The van der Waals surface area contributed by atoms with Gasteiger partial charge in [-0.2, -0.15) is 0 Å². The van der Waals surface area contributed by atoms with Crippen LogP contribution in [-0.2, 0) is 9.47 Å². The Morgan fingerprint density at radius 1 is 0.759 bits per heavy atom. The number of aliphatic hydroxyl groups is 2. The summed E-state index contributed by atoms with van der Waals surface area (Å²) >= 11 is 0. The number of esters is 2.